The van der Waals surface area contributed by atoms with Crippen molar-refractivity contribution in [1.29, 1.82) is 0 Å². The molecule has 2 heteroatoms. The zero-order chi connectivity index (χ0) is 9.19. The molecule has 12 heavy (non-hydrogen) atoms. The first-order valence-corrected chi connectivity index (χ1v) is 4.92. The largest absolute Gasteiger partial charge is 0.330 e. The van der Waals surface area contributed by atoms with Gasteiger partial charge in [0, 0.05) is 13.1 Å². The van der Waals surface area contributed by atoms with Crippen LogP contribution in [0.1, 0.15) is 26.7 Å². The Kier molecular flexibility index (Phi) is 3.13. The van der Waals surface area contributed by atoms with Crippen molar-refractivity contribution in [2.24, 2.45) is 17.1 Å². The van der Waals surface area contributed by atoms with Gasteiger partial charge in [0.05, 0.1) is 0 Å². The molecule has 0 aromatic heterocycles. The molecule has 2 N–H and O–H groups in total. The van der Waals surface area contributed by atoms with Crippen LogP contribution in [0.15, 0.2) is 0 Å². The van der Waals surface area contributed by atoms with Crippen LogP contribution in [0.25, 0.3) is 0 Å². The molecule has 0 spiro atoms. The summed E-state index contributed by atoms with van der Waals surface area (Å²) in [7, 11) is 2.19. The zero-order valence-electron chi connectivity index (χ0n) is 8.64. The average Bonchev–Trinajstić information content (AvgIpc) is 1.96. The van der Waals surface area contributed by atoms with E-state index in [-0.39, 0.29) is 0 Å². The maximum atomic E-state index is 5.67. The van der Waals surface area contributed by atoms with Crippen molar-refractivity contribution in [3.63, 3.8) is 0 Å². The highest BCUT2D eigenvalue weighted by Gasteiger charge is 2.25. The number of likely N-dealkylation sites (tertiary alicyclic amines) is 1. The average molecular weight is 170 g/mol. The van der Waals surface area contributed by atoms with E-state index >= 15 is 0 Å². The second-order valence-corrected chi connectivity index (χ2v) is 4.99. The van der Waals surface area contributed by atoms with Crippen molar-refractivity contribution in [3.05, 3.63) is 0 Å². The number of nitrogens with two attached hydrogens (primary N) is 1. The van der Waals surface area contributed by atoms with Gasteiger partial charge >= 0.3 is 0 Å². The van der Waals surface area contributed by atoms with Gasteiger partial charge in [0.1, 0.15) is 0 Å². The lowest BCUT2D eigenvalue weighted by molar-refractivity contribution is 0.113. The van der Waals surface area contributed by atoms with E-state index in [4.69, 9.17) is 5.73 Å². The van der Waals surface area contributed by atoms with Crippen molar-refractivity contribution in [3.8, 4) is 0 Å². The predicted molar refractivity (Wildman–Crippen MR) is 53.1 cm³/mol. The molecule has 1 aliphatic heterocycles. The molecule has 1 fully saturated rings. The maximum Gasteiger partial charge on any atom is 0.00190 e. The van der Waals surface area contributed by atoms with Gasteiger partial charge in [0.2, 0.25) is 0 Å². The fraction of sp³-hybridized carbons (Fsp3) is 1.00. The van der Waals surface area contributed by atoms with Gasteiger partial charge in [-0.05, 0) is 37.8 Å². The highest BCUT2D eigenvalue weighted by atomic mass is 15.2. The minimum Gasteiger partial charge on any atom is -0.330 e. The molecule has 1 heterocycles. The van der Waals surface area contributed by atoms with E-state index in [1.54, 1.807) is 0 Å². The summed E-state index contributed by atoms with van der Waals surface area (Å²) in [6.45, 7) is 7.92. The molecule has 1 saturated heterocycles. The first-order valence-electron chi connectivity index (χ1n) is 4.92. The first kappa shape index (κ1) is 10.0. The molecular weight excluding hydrogens is 148 g/mol. The summed E-state index contributed by atoms with van der Waals surface area (Å²) in [5.41, 5.74) is 6.02. The second kappa shape index (κ2) is 3.75. The topological polar surface area (TPSA) is 29.3 Å². The van der Waals surface area contributed by atoms with Gasteiger partial charge in [-0.1, -0.05) is 13.8 Å². The summed E-state index contributed by atoms with van der Waals surface area (Å²) in [6, 6.07) is 0. The predicted octanol–water partition coefficient (Wildman–Crippen LogP) is 1.31. The van der Waals surface area contributed by atoms with Crippen molar-refractivity contribution in [1.82, 2.24) is 4.90 Å². The van der Waals surface area contributed by atoms with Gasteiger partial charge in [-0.2, -0.15) is 0 Å². The Balaban J connectivity index is 2.10. The Hall–Kier alpha value is -0.0800. The fourth-order valence-corrected chi connectivity index (χ4v) is 1.71. The molecule has 0 aliphatic carbocycles. The lowest BCUT2D eigenvalue weighted by Crippen LogP contribution is -2.44. The van der Waals surface area contributed by atoms with Crippen molar-refractivity contribution in [2.75, 3.05) is 26.7 Å². The van der Waals surface area contributed by atoms with Crippen LogP contribution < -0.4 is 5.73 Å². The van der Waals surface area contributed by atoms with E-state index in [0.29, 0.717) is 5.41 Å². The van der Waals surface area contributed by atoms with Crippen molar-refractivity contribution in [2.45, 2.75) is 26.7 Å². The van der Waals surface area contributed by atoms with Crippen LogP contribution in [0.5, 0.6) is 0 Å². The van der Waals surface area contributed by atoms with E-state index < -0.39 is 0 Å². The molecule has 0 radical (unpaired) electrons. The summed E-state index contributed by atoms with van der Waals surface area (Å²) < 4.78 is 0. The highest BCUT2D eigenvalue weighted by Crippen LogP contribution is 2.26. The van der Waals surface area contributed by atoms with Gasteiger partial charge < -0.3 is 10.6 Å². The Morgan fingerprint density at radius 1 is 1.42 bits per heavy atom. The van der Waals surface area contributed by atoms with Crippen molar-refractivity contribution >= 4 is 0 Å². The van der Waals surface area contributed by atoms with Crippen LogP contribution in [-0.4, -0.2) is 31.6 Å². The molecule has 0 amide bonds. The smallest absolute Gasteiger partial charge is 0.00190 e. The van der Waals surface area contributed by atoms with Gasteiger partial charge in [0.15, 0.2) is 0 Å². The third-order valence-electron chi connectivity index (χ3n) is 2.92. The Bertz CT molecular complexity index is 137. The normalized spacial score (nSPS) is 21.0. The van der Waals surface area contributed by atoms with Gasteiger partial charge in [-0.3, -0.25) is 0 Å². The van der Waals surface area contributed by atoms with Crippen LogP contribution in [0.2, 0.25) is 0 Å². The van der Waals surface area contributed by atoms with E-state index in [1.165, 1.54) is 25.9 Å². The Morgan fingerprint density at radius 3 is 2.42 bits per heavy atom. The number of hydrogen-bond donors (Lipinski definition) is 1. The second-order valence-electron chi connectivity index (χ2n) is 4.99. The molecule has 0 saturated carbocycles. The van der Waals surface area contributed by atoms with Crippen LogP contribution in [0.3, 0.4) is 0 Å². The fourth-order valence-electron chi connectivity index (χ4n) is 1.71. The van der Waals surface area contributed by atoms with Gasteiger partial charge in [0.25, 0.3) is 0 Å². The van der Waals surface area contributed by atoms with Gasteiger partial charge in [-0.25, -0.2) is 0 Å². The Labute approximate surface area is 76.1 Å². The molecule has 0 bridgehead atoms. The SMILES string of the molecule is CN1CC(CCC(C)(C)CN)C1. The van der Waals surface area contributed by atoms with E-state index in [1.807, 2.05) is 0 Å². The number of hydrogen-bond acceptors (Lipinski definition) is 2. The van der Waals surface area contributed by atoms with E-state index in [0.717, 1.165) is 12.5 Å². The molecule has 0 aromatic carbocycles. The van der Waals surface area contributed by atoms with Crippen LogP contribution in [-0.2, 0) is 0 Å². The van der Waals surface area contributed by atoms with Crippen LogP contribution >= 0.6 is 0 Å². The number of nitrogens with zero attached hydrogens (tertiary/aromatic N) is 1. The summed E-state index contributed by atoms with van der Waals surface area (Å²) in [5, 5.41) is 0. The third kappa shape index (κ3) is 2.76. The minimum atomic E-state index is 0.355. The maximum absolute atomic E-state index is 5.67. The highest BCUT2D eigenvalue weighted by molar-refractivity contribution is 4.79. The number of rotatable bonds is 4. The lowest BCUT2D eigenvalue weighted by atomic mass is 9.83. The monoisotopic (exact) mass is 170 g/mol. The van der Waals surface area contributed by atoms with Gasteiger partial charge in [-0.15, -0.1) is 0 Å². The molecule has 2 nitrogen and oxygen atoms in total. The zero-order valence-corrected chi connectivity index (χ0v) is 8.64. The van der Waals surface area contributed by atoms with Crippen LogP contribution in [0.4, 0.5) is 0 Å². The molecule has 72 valence electrons. The standard InChI is InChI=1S/C10H22N2/c1-10(2,8-11)5-4-9-6-12(3)7-9/h9H,4-8,11H2,1-3H3. The lowest BCUT2D eigenvalue weighted by Gasteiger charge is -2.38. The molecule has 0 unspecified atom stereocenters. The third-order valence-corrected chi connectivity index (χ3v) is 2.92. The van der Waals surface area contributed by atoms with E-state index in [2.05, 4.69) is 25.8 Å². The minimum absolute atomic E-state index is 0.355. The van der Waals surface area contributed by atoms with Crippen LogP contribution in [0, 0.1) is 11.3 Å². The summed E-state index contributed by atoms with van der Waals surface area (Å²) in [5.74, 6) is 0.945. The molecular formula is C10H22N2. The molecule has 0 atom stereocenters. The molecule has 0 aromatic rings. The first-order chi connectivity index (χ1) is 5.53. The van der Waals surface area contributed by atoms with Crippen molar-refractivity contribution < 1.29 is 0 Å². The molecule has 1 aliphatic rings. The quantitative estimate of drug-likeness (QED) is 0.689. The summed E-state index contributed by atoms with van der Waals surface area (Å²) in [4.78, 5) is 2.38. The summed E-state index contributed by atoms with van der Waals surface area (Å²) in [6.07, 6.45) is 2.64. The molecule has 1 rings (SSSR count). The Morgan fingerprint density at radius 2 is 2.00 bits per heavy atom. The van der Waals surface area contributed by atoms with E-state index in [9.17, 15) is 0 Å². The summed E-state index contributed by atoms with van der Waals surface area (Å²) >= 11 is 0.